The van der Waals surface area contributed by atoms with Gasteiger partial charge in [0.05, 0.1) is 7.11 Å². The first-order valence-electron chi connectivity index (χ1n) is 2.87. The van der Waals surface area contributed by atoms with E-state index in [0.717, 1.165) is 0 Å². The van der Waals surface area contributed by atoms with Gasteiger partial charge in [-0.05, 0) is 16.2 Å². The number of halogens is 3. The van der Waals surface area contributed by atoms with Crippen molar-refractivity contribution in [1.29, 1.82) is 0 Å². The van der Waals surface area contributed by atoms with Gasteiger partial charge in [-0.2, -0.15) is 11.3 Å². The topological polar surface area (TPSA) is 9.23 Å². The van der Waals surface area contributed by atoms with Gasteiger partial charge in [0.25, 0.3) is 0 Å². The molecule has 1 rings (SSSR count). The molecule has 0 spiro atoms. The third kappa shape index (κ3) is 3.04. The van der Waals surface area contributed by atoms with Gasteiger partial charge in [0.1, 0.15) is 5.75 Å². The summed E-state index contributed by atoms with van der Waals surface area (Å²) >= 11 is 0.659. The molecule has 0 atom stereocenters. The van der Waals surface area contributed by atoms with Gasteiger partial charge in [-0.1, -0.05) is 0 Å². The zero-order chi connectivity index (χ0) is 8.48. The summed E-state index contributed by atoms with van der Waals surface area (Å²) in [4.78, 5) is 0. The van der Waals surface area contributed by atoms with Crippen LogP contribution < -0.4 is 60.9 Å². The first kappa shape index (κ1) is 13.0. The fourth-order valence-electron chi connectivity index (χ4n) is 0.716. The molecule has 0 N–H and O–H groups in total. The predicted octanol–water partition coefficient (Wildman–Crippen LogP) is -1.18. The van der Waals surface area contributed by atoms with Crippen LogP contribution in [0, 0.1) is 0 Å². The molecule has 0 unspecified atom stereocenters. The zero-order valence-corrected chi connectivity index (χ0v) is 10.6. The third-order valence-electron chi connectivity index (χ3n) is 1.17. The second kappa shape index (κ2) is 5.02. The molecule has 62 valence electrons. The van der Waals surface area contributed by atoms with E-state index in [4.69, 9.17) is 0 Å². The minimum atomic E-state index is -4.90. The van der Waals surface area contributed by atoms with Crippen molar-refractivity contribution in [1.82, 2.24) is 0 Å². The molecule has 0 aliphatic carbocycles. The fraction of sp³-hybridized carbons (Fsp3) is 0.200. The van der Waals surface area contributed by atoms with E-state index < -0.39 is 11.8 Å². The summed E-state index contributed by atoms with van der Waals surface area (Å²) in [6.45, 7) is -4.90. The standard InChI is InChI=1S/C5H5BF3OS.K/c1-10-4-2-3-11-5(4)6(7,8)9;/h2-3H,1H3;/q-1;+1. The largest absolute Gasteiger partial charge is 1.00 e. The second-order valence-electron chi connectivity index (χ2n) is 1.93. The molecule has 0 saturated carbocycles. The summed E-state index contributed by atoms with van der Waals surface area (Å²) in [7, 11) is 1.23. The van der Waals surface area contributed by atoms with Crippen LogP contribution in [-0.2, 0) is 0 Å². The normalized spacial score (nSPS) is 10.7. The molecule has 0 aliphatic heterocycles. The van der Waals surface area contributed by atoms with Gasteiger partial charge in [-0.3, -0.25) is 0 Å². The summed E-state index contributed by atoms with van der Waals surface area (Å²) < 4.78 is 40.1. The number of ether oxygens (including phenoxy) is 1. The van der Waals surface area contributed by atoms with Crippen LogP contribution in [0.1, 0.15) is 0 Å². The smallest absolute Gasteiger partial charge is 0.499 e. The third-order valence-corrected chi connectivity index (χ3v) is 2.17. The molecule has 0 amide bonds. The van der Waals surface area contributed by atoms with Gasteiger partial charge in [-0.25, -0.2) is 0 Å². The van der Waals surface area contributed by atoms with E-state index in [1.54, 1.807) is 0 Å². The Balaban J connectivity index is 0.00000121. The fourth-order valence-corrected chi connectivity index (χ4v) is 1.48. The van der Waals surface area contributed by atoms with Crippen molar-refractivity contribution in [2.24, 2.45) is 0 Å². The molecule has 0 bridgehead atoms. The molecular formula is C5H5BF3KOS. The monoisotopic (exact) mass is 220 g/mol. The average molecular weight is 220 g/mol. The van der Waals surface area contributed by atoms with Crippen molar-refractivity contribution < 1.29 is 69.1 Å². The summed E-state index contributed by atoms with van der Waals surface area (Å²) in [5.74, 6) is -0.0810. The number of hydrogen-bond acceptors (Lipinski definition) is 2. The minimum absolute atomic E-state index is 0. The maximum atomic E-state index is 12.1. The van der Waals surface area contributed by atoms with Gasteiger partial charge in [0, 0.05) is 0 Å². The maximum absolute atomic E-state index is 12.1. The Hall–Kier alpha value is 0.991. The van der Waals surface area contributed by atoms with E-state index in [2.05, 4.69) is 4.74 Å². The Morgan fingerprint density at radius 1 is 1.42 bits per heavy atom. The van der Waals surface area contributed by atoms with Crippen LogP contribution in [0.2, 0.25) is 0 Å². The van der Waals surface area contributed by atoms with Crippen LogP contribution >= 0.6 is 11.3 Å². The van der Waals surface area contributed by atoms with Gasteiger partial charge in [0.2, 0.25) is 0 Å². The molecule has 1 aromatic heterocycles. The van der Waals surface area contributed by atoms with Crippen LogP contribution in [-0.4, -0.2) is 14.1 Å². The van der Waals surface area contributed by atoms with Crippen molar-refractivity contribution in [2.45, 2.75) is 0 Å². The first-order valence-corrected chi connectivity index (χ1v) is 3.75. The first-order chi connectivity index (χ1) is 5.05. The van der Waals surface area contributed by atoms with Crippen LogP contribution in [0.4, 0.5) is 12.9 Å². The number of rotatable bonds is 2. The Morgan fingerprint density at radius 2 is 2.00 bits per heavy atom. The molecule has 7 heteroatoms. The molecule has 1 heterocycles. The van der Waals surface area contributed by atoms with Crippen LogP contribution in [0.3, 0.4) is 0 Å². The van der Waals surface area contributed by atoms with Gasteiger partial charge in [0.15, 0.2) is 0 Å². The Labute approximate surface area is 115 Å². The van der Waals surface area contributed by atoms with E-state index in [0.29, 0.717) is 11.3 Å². The van der Waals surface area contributed by atoms with Gasteiger partial charge < -0.3 is 17.7 Å². The molecule has 0 radical (unpaired) electrons. The molecular weight excluding hydrogens is 215 g/mol. The van der Waals surface area contributed by atoms with E-state index in [-0.39, 0.29) is 57.1 Å². The molecule has 1 aromatic rings. The Bertz CT molecular complexity index is 249. The summed E-state index contributed by atoms with van der Waals surface area (Å²) in [6, 6.07) is 1.31. The molecule has 1 nitrogen and oxygen atoms in total. The molecule has 0 fully saturated rings. The number of methoxy groups -OCH3 is 1. The van der Waals surface area contributed by atoms with E-state index >= 15 is 0 Å². The van der Waals surface area contributed by atoms with Crippen molar-refractivity contribution in [3.8, 4) is 5.75 Å². The summed E-state index contributed by atoms with van der Waals surface area (Å²) in [5.41, 5.74) is 0. The Kier molecular flexibility index (Phi) is 5.43. The second-order valence-corrected chi connectivity index (χ2v) is 2.88. The van der Waals surface area contributed by atoms with Crippen molar-refractivity contribution >= 4 is 23.1 Å². The maximum Gasteiger partial charge on any atom is 1.00 e. The van der Waals surface area contributed by atoms with Crippen molar-refractivity contribution in [2.75, 3.05) is 7.11 Å². The van der Waals surface area contributed by atoms with E-state index in [9.17, 15) is 12.9 Å². The van der Waals surface area contributed by atoms with Crippen molar-refractivity contribution in [3.63, 3.8) is 0 Å². The summed E-state index contributed by atoms with van der Waals surface area (Å²) in [6.07, 6.45) is 0. The van der Waals surface area contributed by atoms with E-state index in [1.807, 2.05) is 0 Å². The summed E-state index contributed by atoms with van der Waals surface area (Å²) in [5, 5.41) is 1.36. The average Bonchev–Trinajstić information content (AvgIpc) is 2.31. The van der Waals surface area contributed by atoms with Crippen LogP contribution in [0.25, 0.3) is 0 Å². The number of hydrogen-bond donors (Lipinski definition) is 0. The number of thiophene rings is 1. The van der Waals surface area contributed by atoms with Crippen LogP contribution in [0.15, 0.2) is 11.4 Å². The Morgan fingerprint density at radius 3 is 2.33 bits per heavy atom. The minimum Gasteiger partial charge on any atom is -0.499 e. The molecule has 0 aromatic carbocycles. The molecule has 0 saturated heterocycles. The molecule has 0 aliphatic rings. The predicted molar refractivity (Wildman–Crippen MR) is 39.6 cm³/mol. The molecule has 12 heavy (non-hydrogen) atoms. The van der Waals surface area contributed by atoms with Crippen LogP contribution in [0.5, 0.6) is 5.75 Å². The zero-order valence-electron chi connectivity index (χ0n) is 6.68. The van der Waals surface area contributed by atoms with E-state index in [1.165, 1.54) is 18.6 Å². The van der Waals surface area contributed by atoms with Crippen molar-refractivity contribution in [3.05, 3.63) is 11.4 Å². The quantitative estimate of drug-likeness (QED) is 0.570. The van der Waals surface area contributed by atoms with Gasteiger partial charge in [-0.15, -0.1) is 0 Å². The SMILES string of the molecule is COc1ccsc1[B-](F)(F)F.[K+]. The van der Waals surface area contributed by atoms with Gasteiger partial charge >= 0.3 is 58.4 Å².